The second kappa shape index (κ2) is 4.97. The molecule has 4 heteroatoms. The molecule has 4 nitrogen and oxygen atoms in total. The molecule has 2 fully saturated rings. The summed E-state index contributed by atoms with van der Waals surface area (Å²) in [4.78, 5) is 14.3. The topological polar surface area (TPSA) is 55.6 Å². The van der Waals surface area contributed by atoms with E-state index in [9.17, 15) is 4.79 Å². The summed E-state index contributed by atoms with van der Waals surface area (Å²) < 4.78 is 5.56. The van der Waals surface area contributed by atoms with Crippen molar-refractivity contribution in [3.8, 4) is 0 Å². The van der Waals surface area contributed by atoms with Crippen LogP contribution in [0.15, 0.2) is 0 Å². The minimum Gasteiger partial charge on any atom is -0.444 e. The molecular weight excluding hydrogens is 240 g/mol. The summed E-state index contributed by atoms with van der Waals surface area (Å²) >= 11 is 0. The number of ether oxygens (including phenoxy) is 1. The molecule has 0 bridgehead atoms. The van der Waals surface area contributed by atoms with Gasteiger partial charge in [-0.3, -0.25) is 0 Å². The maximum atomic E-state index is 12.4. The third-order valence-electron chi connectivity index (χ3n) is 4.53. The highest BCUT2D eigenvalue weighted by Gasteiger charge is 2.55. The van der Waals surface area contributed by atoms with E-state index in [-0.39, 0.29) is 23.6 Å². The Labute approximate surface area is 116 Å². The Kier molecular flexibility index (Phi) is 3.83. The van der Waals surface area contributed by atoms with Gasteiger partial charge in [-0.25, -0.2) is 4.79 Å². The number of amides is 1. The number of carbonyl (C=O) groups excluding carboxylic acids is 1. The van der Waals surface area contributed by atoms with Gasteiger partial charge in [-0.05, 0) is 59.8 Å². The third kappa shape index (κ3) is 3.04. The van der Waals surface area contributed by atoms with Crippen LogP contribution in [0.2, 0.25) is 0 Å². The van der Waals surface area contributed by atoms with Crippen LogP contribution in [0.4, 0.5) is 4.79 Å². The summed E-state index contributed by atoms with van der Waals surface area (Å²) in [5.41, 5.74) is 5.90. The summed E-state index contributed by atoms with van der Waals surface area (Å²) in [6.45, 7) is 8.65. The molecule has 1 aliphatic heterocycles. The maximum absolute atomic E-state index is 12.4. The summed E-state index contributed by atoms with van der Waals surface area (Å²) in [7, 11) is 0. The van der Waals surface area contributed by atoms with Gasteiger partial charge >= 0.3 is 6.09 Å². The molecule has 2 N–H and O–H groups in total. The number of carbonyl (C=O) groups is 1. The van der Waals surface area contributed by atoms with Gasteiger partial charge in [0.15, 0.2) is 0 Å². The fourth-order valence-corrected chi connectivity index (χ4v) is 3.30. The molecule has 1 aliphatic carbocycles. The molecule has 2 atom stereocenters. The van der Waals surface area contributed by atoms with Crippen LogP contribution in [-0.4, -0.2) is 35.2 Å². The fraction of sp³-hybridized carbons (Fsp3) is 0.933. The lowest BCUT2D eigenvalue weighted by atomic mass is 9.83. The number of nitrogens with two attached hydrogens (primary N) is 1. The Morgan fingerprint density at radius 2 is 2.00 bits per heavy atom. The fourth-order valence-electron chi connectivity index (χ4n) is 3.30. The lowest BCUT2D eigenvalue weighted by Gasteiger charge is -2.42. The van der Waals surface area contributed by atoms with Gasteiger partial charge in [-0.15, -0.1) is 0 Å². The number of likely N-dealkylation sites (tertiary alicyclic amines) is 1. The minimum atomic E-state index is -0.426. The largest absolute Gasteiger partial charge is 0.444 e. The van der Waals surface area contributed by atoms with Gasteiger partial charge in [0, 0.05) is 24.0 Å². The van der Waals surface area contributed by atoms with Crippen molar-refractivity contribution in [3.05, 3.63) is 0 Å². The van der Waals surface area contributed by atoms with E-state index in [1.54, 1.807) is 0 Å². The quantitative estimate of drug-likeness (QED) is 0.837. The molecule has 1 saturated heterocycles. The highest BCUT2D eigenvalue weighted by Crippen LogP contribution is 2.54. The number of nitrogens with zero attached hydrogens (tertiary/aromatic N) is 1. The standard InChI is InChI=1S/C15H28N2O2/c1-11(16)15(8-9-15)12-7-5-6-10-17(12)13(18)19-14(2,3)4/h11-12H,5-10,16H2,1-4H3. The number of hydrogen-bond donors (Lipinski definition) is 1. The van der Waals surface area contributed by atoms with Crippen LogP contribution in [0.1, 0.15) is 59.8 Å². The van der Waals surface area contributed by atoms with Crippen molar-refractivity contribution in [2.45, 2.75) is 77.5 Å². The minimum absolute atomic E-state index is 0.150. The van der Waals surface area contributed by atoms with Gasteiger partial charge in [0.05, 0.1) is 0 Å². The predicted molar refractivity (Wildman–Crippen MR) is 75.9 cm³/mol. The van der Waals surface area contributed by atoms with Gasteiger partial charge in [-0.1, -0.05) is 0 Å². The van der Waals surface area contributed by atoms with Crippen LogP contribution in [0.25, 0.3) is 0 Å². The Hall–Kier alpha value is -0.770. The van der Waals surface area contributed by atoms with Gasteiger partial charge in [0.1, 0.15) is 5.60 Å². The van der Waals surface area contributed by atoms with Gasteiger partial charge in [-0.2, -0.15) is 0 Å². The second-order valence-electron chi connectivity index (χ2n) is 7.21. The van der Waals surface area contributed by atoms with E-state index in [4.69, 9.17) is 10.5 Å². The van der Waals surface area contributed by atoms with Crippen LogP contribution < -0.4 is 5.73 Å². The molecule has 1 amide bonds. The lowest BCUT2D eigenvalue weighted by molar-refractivity contribution is -0.00337. The second-order valence-corrected chi connectivity index (χ2v) is 7.21. The third-order valence-corrected chi connectivity index (χ3v) is 4.53. The SMILES string of the molecule is CC(N)C1(C2CCCCN2C(=O)OC(C)(C)C)CC1. The van der Waals surface area contributed by atoms with Crippen LogP contribution in [0.3, 0.4) is 0 Å². The molecule has 0 aromatic heterocycles. The average Bonchev–Trinajstić information content (AvgIpc) is 3.07. The molecule has 0 aromatic rings. The summed E-state index contributed by atoms with van der Waals surface area (Å²) in [6, 6.07) is 0.427. The molecule has 0 radical (unpaired) electrons. The van der Waals surface area contributed by atoms with Crippen molar-refractivity contribution >= 4 is 6.09 Å². The molecule has 19 heavy (non-hydrogen) atoms. The van der Waals surface area contributed by atoms with Gasteiger partial charge < -0.3 is 15.4 Å². The predicted octanol–water partition coefficient (Wildman–Crippen LogP) is 2.90. The van der Waals surface area contributed by atoms with Crippen molar-refractivity contribution < 1.29 is 9.53 Å². The van der Waals surface area contributed by atoms with E-state index in [0.717, 1.165) is 32.2 Å². The Balaban J connectivity index is 2.11. The lowest BCUT2D eigenvalue weighted by Crippen LogP contribution is -2.53. The van der Waals surface area contributed by atoms with Crippen molar-refractivity contribution in [1.29, 1.82) is 0 Å². The first-order valence-electron chi connectivity index (χ1n) is 7.51. The number of hydrogen-bond acceptors (Lipinski definition) is 3. The van der Waals surface area contributed by atoms with E-state index >= 15 is 0 Å². The zero-order valence-electron chi connectivity index (χ0n) is 12.7. The van der Waals surface area contributed by atoms with Crippen molar-refractivity contribution in [3.63, 3.8) is 0 Å². The van der Waals surface area contributed by atoms with Crippen molar-refractivity contribution in [1.82, 2.24) is 4.90 Å². The average molecular weight is 268 g/mol. The summed E-state index contributed by atoms with van der Waals surface area (Å²) in [5.74, 6) is 0. The van der Waals surface area contributed by atoms with E-state index in [1.165, 1.54) is 6.42 Å². The Morgan fingerprint density at radius 1 is 1.37 bits per heavy atom. The zero-order valence-corrected chi connectivity index (χ0v) is 12.7. The first-order valence-corrected chi connectivity index (χ1v) is 7.51. The molecule has 1 saturated carbocycles. The van der Waals surface area contributed by atoms with Crippen LogP contribution in [-0.2, 0) is 4.74 Å². The van der Waals surface area contributed by atoms with Gasteiger partial charge in [0.25, 0.3) is 0 Å². The smallest absolute Gasteiger partial charge is 0.410 e. The Bertz CT molecular complexity index is 343. The van der Waals surface area contributed by atoms with Crippen molar-refractivity contribution in [2.24, 2.45) is 11.1 Å². The normalized spacial score (nSPS) is 27.8. The van der Waals surface area contributed by atoms with Crippen LogP contribution >= 0.6 is 0 Å². The van der Waals surface area contributed by atoms with E-state index in [2.05, 4.69) is 6.92 Å². The number of rotatable bonds is 2. The molecule has 0 spiro atoms. The molecule has 0 aromatic carbocycles. The van der Waals surface area contributed by atoms with Crippen molar-refractivity contribution in [2.75, 3.05) is 6.54 Å². The molecule has 2 rings (SSSR count). The van der Waals surface area contributed by atoms with Crippen LogP contribution in [0, 0.1) is 5.41 Å². The first kappa shape index (κ1) is 14.6. The molecule has 110 valence electrons. The Morgan fingerprint density at radius 3 is 2.47 bits per heavy atom. The molecule has 2 aliphatic rings. The van der Waals surface area contributed by atoms with Crippen LogP contribution in [0.5, 0.6) is 0 Å². The highest BCUT2D eigenvalue weighted by molar-refractivity contribution is 5.69. The van der Waals surface area contributed by atoms with Gasteiger partial charge in [0.2, 0.25) is 0 Å². The van der Waals surface area contributed by atoms with E-state index in [1.807, 2.05) is 25.7 Å². The molecule has 1 heterocycles. The van der Waals surface area contributed by atoms with E-state index in [0.29, 0.717) is 0 Å². The number of piperidine rings is 1. The zero-order chi connectivity index (χ0) is 14.3. The van der Waals surface area contributed by atoms with E-state index < -0.39 is 5.60 Å². The molecule has 2 unspecified atom stereocenters. The highest BCUT2D eigenvalue weighted by atomic mass is 16.6. The summed E-state index contributed by atoms with van der Waals surface area (Å²) in [5, 5.41) is 0. The first-order chi connectivity index (χ1) is 8.76. The summed E-state index contributed by atoms with van der Waals surface area (Å²) in [6.07, 6.45) is 5.47. The molecular formula is C15H28N2O2. The monoisotopic (exact) mass is 268 g/mol. The maximum Gasteiger partial charge on any atom is 0.410 e.